The maximum atomic E-state index is 13.8. The van der Waals surface area contributed by atoms with E-state index in [1.54, 1.807) is 30.1 Å². The number of hydrogen-bond acceptors (Lipinski definition) is 4. The van der Waals surface area contributed by atoms with Gasteiger partial charge >= 0.3 is 0 Å². The number of anilines is 1. The zero-order valence-corrected chi connectivity index (χ0v) is 29.3. The molecule has 0 aliphatic carbocycles. The molecule has 1 unspecified atom stereocenters. The van der Waals surface area contributed by atoms with Gasteiger partial charge in [-0.15, -0.1) is 0 Å². The summed E-state index contributed by atoms with van der Waals surface area (Å²) >= 11 is 0. The van der Waals surface area contributed by atoms with E-state index in [4.69, 9.17) is 4.98 Å². The third kappa shape index (κ3) is 8.22. The lowest BCUT2D eigenvalue weighted by Crippen LogP contribution is -2.37. The number of rotatable bonds is 10. The molecule has 256 valence electrons. The summed E-state index contributed by atoms with van der Waals surface area (Å²) in [6.07, 6.45) is 0. The minimum Gasteiger partial charge on any atom is -0.370 e. The van der Waals surface area contributed by atoms with E-state index in [1.807, 2.05) is 78.9 Å². The number of nitrogens with zero attached hydrogens (tertiary/aromatic N) is 2. The summed E-state index contributed by atoms with van der Waals surface area (Å²) in [6.45, 7) is 11.1. The van der Waals surface area contributed by atoms with E-state index in [-0.39, 0.29) is 23.0 Å². The zero-order chi connectivity index (χ0) is 36.1. The van der Waals surface area contributed by atoms with Gasteiger partial charge in [0.05, 0.1) is 5.52 Å². The Balaban J connectivity index is 1.18. The Bertz CT molecular complexity index is 2190. The third-order valence-electron chi connectivity index (χ3n) is 8.92. The Morgan fingerprint density at radius 1 is 0.824 bits per heavy atom. The van der Waals surface area contributed by atoms with Crippen molar-refractivity contribution in [3.63, 3.8) is 0 Å². The van der Waals surface area contributed by atoms with Crippen LogP contribution < -0.4 is 10.6 Å². The minimum atomic E-state index is -0.699. The molecule has 1 aromatic heterocycles. The third-order valence-corrected chi connectivity index (χ3v) is 8.92. The van der Waals surface area contributed by atoms with Crippen molar-refractivity contribution < 1.29 is 14.0 Å². The number of carbonyl (C=O) groups is 2. The first-order valence-corrected chi connectivity index (χ1v) is 16.9. The quantitative estimate of drug-likeness (QED) is 0.152. The van der Waals surface area contributed by atoms with Crippen LogP contribution in [0, 0.1) is 5.82 Å². The fourth-order valence-electron chi connectivity index (χ4n) is 6.00. The number of pyridine rings is 1. The maximum Gasteiger partial charge on any atom is 0.257 e. The molecular formula is C44H41FN4O2. The van der Waals surface area contributed by atoms with Crippen LogP contribution >= 0.6 is 0 Å². The number of benzene rings is 5. The van der Waals surface area contributed by atoms with Crippen LogP contribution in [0.3, 0.4) is 0 Å². The van der Waals surface area contributed by atoms with Gasteiger partial charge < -0.3 is 15.5 Å². The van der Waals surface area contributed by atoms with Crippen LogP contribution in [0.1, 0.15) is 59.4 Å². The smallest absolute Gasteiger partial charge is 0.257 e. The Morgan fingerprint density at radius 3 is 2.22 bits per heavy atom. The predicted molar refractivity (Wildman–Crippen MR) is 205 cm³/mol. The van der Waals surface area contributed by atoms with Gasteiger partial charge in [0.25, 0.3) is 5.91 Å². The maximum absolute atomic E-state index is 13.8. The van der Waals surface area contributed by atoms with Crippen molar-refractivity contribution in [3.05, 3.63) is 174 Å². The molecule has 0 aliphatic heterocycles. The van der Waals surface area contributed by atoms with Gasteiger partial charge in [0.2, 0.25) is 5.91 Å². The molecule has 0 fully saturated rings. The van der Waals surface area contributed by atoms with Gasteiger partial charge in [-0.05, 0) is 81.3 Å². The van der Waals surface area contributed by atoms with E-state index in [9.17, 15) is 14.0 Å². The summed E-state index contributed by atoms with van der Waals surface area (Å²) in [6, 6.07) is 40.2. The van der Waals surface area contributed by atoms with Crippen molar-refractivity contribution in [1.82, 2.24) is 15.2 Å². The average molecular weight is 677 g/mol. The van der Waals surface area contributed by atoms with Crippen molar-refractivity contribution in [2.45, 2.75) is 38.8 Å². The lowest BCUT2D eigenvalue weighted by Gasteiger charge is -2.27. The minimum absolute atomic E-state index is 0.0372. The van der Waals surface area contributed by atoms with Crippen LogP contribution in [-0.4, -0.2) is 28.7 Å². The van der Waals surface area contributed by atoms with E-state index in [0.717, 1.165) is 33.2 Å². The van der Waals surface area contributed by atoms with Gasteiger partial charge in [-0.1, -0.05) is 118 Å². The first-order chi connectivity index (χ1) is 24.5. The van der Waals surface area contributed by atoms with Gasteiger partial charge in [-0.3, -0.25) is 9.59 Å². The molecular weight excluding hydrogens is 636 g/mol. The summed E-state index contributed by atoms with van der Waals surface area (Å²) in [4.78, 5) is 33.7. The number of likely N-dealkylation sites (N-methyl/N-ethyl adjacent to an activating group) is 1. The molecule has 6 rings (SSSR count). The number of amides is 2. The zero-order valence-electron chi connectivity index (χ0n) is 29.3. The Labute approximate surface area is 298 Å². The molecule has 6 nitrogen and oxygen atoms in total. The predicted octanol–water partition coefficient (Wildman–Crippen LogP) is 9.55. The van der Waals surface area contributed by atoms with Gasteiger partial charge in [-0.2, -0.15) is 0 Å². The number of aromatic nitrogens is 1. The molecule has 2 amide bonds. The molecule has 6 aromatic rings. The lowest BCUT2D eigenvalue weighted by molar-refractivity contribution is -0.132. The number of hydrogen-bond donors (Lipinski definition) is 2. The number of nitrogens with one attached hydrogen (secondary N) is 2. The molecule has 5 aromatic carbocycles. The molecule has 1 atom stereocenters. The summed E-state index contributed by atoms with van der Waals surface area (Å²) in [7, 11) is 1.73. The highest BCUT2D eigenvalue weighted by atomic mass is 19.1. The van der Waals surface area contributed by atoms with Crippen molar-refractivity contribution in [2.75, 3.05) is 12.4 Å². The normalized spacial score (nSPS) is 11.9. The number of halogens is 1. The van der Waals surface area contributed by atoms with Crippen molar-refractivity contribution in [2.24, 2.45) is 0 Å². The van der Waals surface area contributed by atoms with Gasteiger partial charge in [0, 0.05) is 30.2 Å². The average Bonchev–Trinajstić information content (AvgIpc) is 3.14. The van der Waals surface area contributed by atoms with E-state index in [1.165, 1.54) is 17.7 Å². The second kappa shape index (κ2) is 14.8. The van der Waals surface area contributed by atoms with E-state index in [0.29, 0.717) is 29.1 Å². The van der Waals surface area contributed by atoms with Crippen LogP contribution in [0.25, 0.3) is 27.7 Å². The first kappa shape index (κ1) is 34.8. The van der Waals surface area contributed by atoms with Gasteiger partial charge in [0.15, 0.2) is 0 Å². The second-order valence-electron chi connectivity index (χ2n) is 13.7. The van der Waals surface area contributed by atoms with Crippen molar-refractivity contribution >= 4 is 34.2 Å². The molecule has 51 heavy (non-hydrogen) atoms. The topological polar surface area (TPSA) is 74.3 Å². The standard InChI is InChI=1S/C44H41FN4O2/c1-29(46-41(32-11-7-6-8-12-32)43(51)49(5)28-30-15-23-36(45)24-16-30)33-19-25-39-34(27-33)20-26-40(47-39)48-42(50)38-14-10-9-13-37(38)31-17-21-35(22-18-31)44(2,3)4/h6-27,41,46H,1,28H2,2-5H3,(H,47,48,50). The van der Waals surface area contributed by atoms with Crippen LogP contribution in [0.2, 0.25) is 0 Å². The fourth-order valence-corrected chi connectivity index (χ4v) is 6.00. The molecule has 0 aliphatic rings. The molecule has 7 heteroatoms. The summed E-state index contributed by atoms with van der Waals surface area (Å²) in [5, 5.41) is 7.18. The van der Waals surface area contributed by atoms with Crippen LogP contribution in [0.5, 0.6) is 0 Å². The highest BCUT2D eigenvalue weighted by Gasteiger charge is 2.25. The molecule has 0 bridgehead atoms. The van der Waals surface area contributed by atoms with E-state index < -0.39 is 6.04 Å². The molecule has 0 radical (unpaired) electrons. The van der Waals surface area contributed by atoms with Gasteiger partial charge in [0.1, 0.15) is 17.7 Å². The lowest BCUT2D eigenvalue weighted by atomic mass is 9.86. The highest BCUT2D eigenvalue weighted by molar-refractivity contribution is 6.08. The van der Waals surface area contributed by atoms with E-state index in [2.05, 4.69) is 62.2 Å². The molecule has 1 heterocycles. The summed E-state index contributed by atoms with van der Waals surface area (Å²) < 4.78 is 13.4. The van der Waals surface area contributed by atoms with E-state index >= 15 is 0 Å². The Hall–Kier alpha value is -6.08. The van der Waals surface area contributed by atoms with Crippen LogP contribution in [0.4, 0.5) is 10.2 Å². The number of fused-ring (bicyclic) bond motifs is 1. The van der Waals surface area contributed by atoms with Gasteiger partial charge in [-0.25, -0.2) is 9.37 Å². The molecule has 0 spiro atoms. The van der Waals surface area contributed by atoms with Crippen molar-refractivity contribution in [1.29, 1.82) is 0 Å². The molecule has 0 saturated heterocycles. The molecule has 0 saturated carbocycles. The summed E-state index contributed by atoms with van der Waals surface area (Å²) in [5.74, 6) is -0.279. The highest BCUT2D eigenvalue weighted by Crippen LogP contribution is 2.29. The van der Waals surface area contributed by atoms with Crippen LogP contribution in [0.15, 0.2) is 140 Å². The summed E-state index contributed by atoms with van der Waals surface area (Å²) in [5.41, 5.74) is 7.32. The SMILES string of the molecule is C=C(NC(C(=O)N(C)Cc1ccc(F)cc1)c1ccccc1)c1ccc2nc(NC(=O)c3ccccc3-c3ccc(C(C)(C)C)cc3)ccc2c1. The fraction of sp³-hybridized carbons (Fsp3) is 0.159. The molecule has 2 N–H and O–H groups in total. The monoisotopic (exact) mass is 676 g/mol. The Morgan fingerprint density at radius 2 is 1.51 bits per heavy atom. The van der Waals surface area contributed by atoms with Crippen LogP contribution in [-0.2, 0) is 16.8 Å². The number of carbonyl (C=O) groups excluding carboxylic acids is 2. The van der Waals surface area contributed by atoms with Crippen molar-refractivity contribution in [3.8, 4) is 11.1 Å². The Kier molecular flexibility index (Phi) is 10.1. The second-order valence-corrected chi connectivity index (χ2v) is 13.7. The first-order valence-electron chi connectivity index (χ1n) is 16.9. The largest absolute Gasteiger partial charge is 0.370 e.